The van der Waals surface area contributed by atoms with Crippen LogP contribution in [-0.2, 0) is 9.59 Å². The van der Waals surface area contributed by atoms with Crippen molar-refractivity contribution in [1.29, 1.82) is 0 Å². The molecule has 65 valence electrons. The minimum Gasteiger partial charge on any atom is -0.290 e. The van der Waals surface area contributed by atoms with E-state index in [1.807, 2.05) is 0 Å². The first kappa shape index (κ1) is 8.37. The maximum atomic E-state index is 11.3. The molecule has 0 saturated carbocycles. The molecule has 1 fully saturated rings. The van der Waals surface area contributed by atoms with Crippen molar-refractivity contribution in [2.75, 3.05) is 5.75 Å². The van der Waals surface area contributed by atoms with Crippen LogP contribution in [-0.4, -0.2) is 27.3 Å². The molecule has 1 unspecified atom stereocenters. The van der Waals surface area contributed by atoms with Gasteiger partial charge in [0.2, 0.25) is 11.6 Å². The third kappa shape index (κ3) is 1.47. The fourth-order valence-corrected chi connectivity index (χ4v) is 2.13. The Bertz CT molecular complexity index is 352. The lowest BCUT2D eigenvalue weighted by Gasteiger charge is -2.02. The van der Waals surface area contributed by atoms with Crippen LogP contribution in [0.5, 0.6) is 0 Å². The normalized spacial score (nSPS) is 22.3. The molecular formula is C8H5N2O2S. The van der Waals surface area contributed by atoms with E-state index in [1.54, 1.807) is 6.07 Å². The van der Waals surface area contributed by atoms with Gasteiger partial charge in [0.15, 0.2) is 6.33 Å². The zero-order chi connectivity index (χ0) is 9.26. The van der Waals surface area contributed by atoms with Gasteiger partial charge in [-0.2, -0.15) is 0 Å². The van der Waals surface area contributed by atoms with Gasteiger partial charge < -0.3 is 0 Å². The van der Waals surface area contributed by atoms with Gasteiger partial charge >= 0.3 is 0 Å². The molecule has 0 bridgehead atoms. The summed E-state index contributed by atoms with van der Waals surface area (Å²) in [5.41, 5.74) is 0.566. The van der Waals surface area contributed by atoms with Crippen molar-refractivity contribution in [1.82, 2.24) is 9.97 Å². The first-order valence-corrected chi connectivity index (χ1v) is 4.71. The number of thioether (sulfide) groups is 1. The highest BCUT2D eigenvalue weighted by atomic mass is 32.2. The zero-order valence-electron chi connectivity index (χ0n) is 6.56. The van der Waals surface area contributed by atoms with Crippen molar-refractivity contribution in [3.8, 4) is 0 Å². The summed E-state index contributed by atoms with van der Waals surface area (Å²) >= 11 is 1.30. The van der Waals surface area contributed by atoms with Crippen LogP contribution in [0.3, 0.4) is 0 Å². The van der Waals surface area contributed by atoms with Gasteiger partial charge in [-0.3, -0.25) is 9.59 Å². The summed E-state index contributed by atoms with van der Waals surface area (Å²) in [5.74, 6) is -0.432. The Labute approximate surface area is 78.8 Å². The van der Waals surface area contributed by atoms with Crippen molar-refractivity contribution < 1.29 is 9.59 Å². The Morgan fingerprint density at radius 2 is 2.38 bits per heavy atom. The fraction of sp³-hybridized carbons (Fsp3) is 0.250. The average Bonchev–Trinajstić information content (AvgIpc) is 2.49. The topological polar surface area (TPSA) is 59.9 Å². The molecule has 1 saturated heterocycles. The van der Waals surface area contributed by atoms with Gasteiger partial charge in [-0.15, -0.1) is 11.8 Å². The number of ketones is 2. The van der Waals surface area contributed by atoms with Gasteiger partial charge in [-0.05, 0) is 6.07 Å². The summed E-state index contributed by atoms with van der Waals surface area (Å²) in [5, 5.41) is -0.438. The van der Waals surface area contributed by atoms with Crippen LogP contribution in [0.1, 0.15) is 10.9 Å². The Morgan fingerprint density at radius 1 is 1.54 bits per heavy atom. The molecule has 1 aromatic rings. The summed E-state index contributed by atoms with van der Waals surface area (Å²) in [6.07, 6.45) is 3.91. The monoisotopic (exact) mass is 193 g/mol. The molecule has 5 heteroatoms. The van der Waals surface area contributed by atoms with E-state index in [1.165, 1.54) is 18.0 Å². The maximum absolute atomic E-state index is 11.3. The molecule has 2 heterocycles. The predicted molar refractivity (Wildman–Crippen MR) is 46.1 cm³/mol. The minimum atomic E-state index is -0.438. The SMILES string of the molecule is O=C1CSC(c2ccn[c]n2)C1=O. The summed E-state index contributed by atoms with van der Waals surface area (Å²) in [7, 11) is 0. The fourth-order valence-electron chi connectivity index (χ4n) is 1.09. The molecule has 0 aromatic carbocycles. The largest absolute Gasteiger partial charge is 0.290 e. The Balaban J connectivity index is 2.29. The van der Waals surface area contributed by atoms with Gasteiger partial charge in [-0.25, -0.2) is 9.97 Å². The van der Waals surface area contributed by atoms with E-state index in [0.717, 1.165) is 0 Å². The molecule has 2 rings (SSSR count). The van der Waals surface area contributed by atoms with Crippen LogP contribution in [0.15, 0.2) is 12.3 Å². The number of aromatic nitrogens is 2. The molecule has 0 aliphatic carbocycles. The number of hydrogen-bond donors (Lipinski definition) is 0. The highest BCUT2D eigenvalue weighted by Crippen LogP contribution is 2.33. The molecule has 1 radical (unpaired) electrons. The van der Waals surface area contributed by atoms with Crippen molar-refractivity contribution in [3.63, 3.8) is 0 Å². The van der Waals surface area contributed by atoms with Crippen LogP contribution in [0.2, 0.25) is 0 Å². The van der Waals surface area contributed by atoms with E-state index in [9.17, 15) is 9.59 Å². The molecule has 0 amide bonds. The van der Waals surface area contributed by atoms with Gasteiger partial charge in [0.1, 0.15) is 5.25 Å². The van der Waals surface area contributed by atoms with Gasteiger partial charge in [0.25, 0.3) is 0 Å². The van der Waals surface area contributed by atoms with Crippen molar-refractivity contribution in [2.45, 2.75) is 5.25 Å². The molecule has 13 heavy (non-hydrogen) atoms. The molecular weight excluding hydrogens is 188 g/mol. The number of carbonyl (C=O) groups is 2. The van der Waals surface area contributed by atoms with Crippen LogP contribution < -0.4 is 0 Å². The van der Waals surface area contributed by atoms with Crippen LogP contribution in [0, 0.1) is 6.33 Å². The van der Waals surface area contributed by atoms with Gasteiger partial charge in [-0.1, -0.05) is 0 Å². The highest BCUT2D eigenvalue weighted by molar-refractivity contribution is 8.02. The van der Waals surface area contributed by atoms with Gasteiger partial charge in [0, 0.05) is 6.20 Å². The summed E-state index contributed by atoms with van der Waals surface area (Å²) in [6.45, 7) is 0. The van der Waals surface area contributed by atoms with E-state index in [0.29, 0.717) is 5.69 Å². The standard InChI is InChI=1S/C8H5N2O2S/c11-6-3-13-8(7(6)12)5-1-2-9-4-10-5/h1-2,8H,3H2. The summed E-state index contributed by atoms with van der Waals surface area (Å²) in [6, 6.07) is 1.63. The smallest absolute Gasteiger partial charge is 0.218 e. The van der Waals surface area contributed by atoms with E-state index in [-0.39, 0.29) is 17.3 Å². The predicted octanol–water partition coefficient (Wildman–Crippen LogP) is 0.203. The molecule has 1 aromatic heterocycles. The quantitative estimate of drug-likeness (QED) is 0.596. The molecule has 1 aliphatic rings. The number of nitrogens with zero attached hydrogens (tertiary/aromatic N) is 2. The third-order valence-corrected chi connectivity index (χ3v) is 2.94. The Kier molecular flexibility index (Phi) is 2.10. The average molecular weight is 193 g/mol. The second-order valence-corrected chi connectivity index (χ2v) is 3.65. The lowest BCUT2D eigenvalue weighted by Crippen LogP contribution is -2.13. The van der Waals surface area contributed by atoms with E-state index in [4.69, 9.17) is 0 Å². The van der Waals surface area contributed by atoms with E-state index >= 15 is 0 Å². The first-order valence-electron chi connectivity index (χ1n) is 3.66. The number of Topliss-reactive ketones (excluding diaryl/α,β-unsaturated/α-hetero) is 2. The maximum Gasteiger partial charge on any atom is 0.218 e. The molecule has 0 N–H and O–H groups in total. The second kappa shape index (κ2) is 3.26. The lowest BCUT2D eigenvalue weighted by atomic mass is 10.1. The Morgan fingerprint density at radius 3 is 2.92 bits per heavy atom. The molecule has 1 aliphatic heterocycles. The third-order valence-electron chi connectivity index (χ3n) is 1.72. The molecule has 4 nitrogen and oxygen atoms in total. The zero-order valence-corrected chi connectivity index (χ0v) is 7.37. The Hall–Kier alpha value is -1.23. The first-order chi connectivity index (χ1) is 6.29. The number of carbonyl (C=O) groups excluding carboxylic acids is 2. The van der Waals surface area contributed by atoms with Crippen LogP contribution in [0.25, 0.3) is 0 Å². The number of rotatable bonds is 1. The molecule has 0 spiro atoms. The second-order valence-electron chi connectivity index (χ2n) is 2.56. The summed E-state index contributed by atoms with van der Waals surface area (Å²) < 4.78 is 0. The van der Waals surface area contributed by atoms with E-state index < -0.39 is 5.25 Å². The lowest BCUT2D eigenvalue weighted by molar-refractivity contribution is -0.134. The summed E-state index contributed by atoms with van der Waals surface area (Å²) in [4.78, 5) is 29.6. The van der Waals surface area contributed by atoms with Gasteiger partial charge in [0.05, 0.1) is 11.4 Å². The van der Waals surface area contributed by atoms with E-state index in [2.05, 4.69) is 16.3 Å². The van der Waals surface area contributed by atoms with Crippen molar-refractivity contribution >= 4 is 23.3 Å². The van der Waals surface area contributed by atoms with Crippen LogP contribution >= 0.6 is 11.8 Å². The highest BCUT2D eigenvalue weighted by Gasteiger charge is 2.35. The minimum absolute atomic E-state index is 0.257. The van der Waals surface area contributed by atoms with Crippen LogP contribution in [0.4, 0.5) is 0 Å². The van der Waals surface area contributed by atoms with Crippen molar-refractivity contribution in [2.24, 2.45) is 0 Å². The van der Waals surface area contributed by atoms with Crippen molar-refractivity contribution in [3.05, 3.63) is 24.3 Å². The molecule has 1 atom stereocenters. The number of hydrogen-bond acceptors (Lipinski definition) is 5.